The van der Waals surface area contributed by atoms with Gasteiger partial charge in [-0.2, -0.15) is 0 Å². The Morgan fingerprint density at radius 3 is 2.72 bits per heavy atom. The Balaban J connectivity index is 1.16. The standard InChI is InChI=1S/C27H30FN7O3S/c28-19-1-2-20-18(3-6-30-20)22(19)24-31-21-13-17(39-23(21)25(32-24)34-9-11-37-12-10-34)14-33-15-27(16-33)4-7-35(8-5-27)38-26(29)36/h1-3,6,13,30H,4-5,7-12,14-16H2,(H2,29,36). The van der Waals surface area contributed by atoms with Crippen molar-refractivity contribution in [2.24, 2.45) is 11.1 Å². The number of H-pyrrole nitrogens is 1. The number of hydroxylamine groups is 2. The Morgan fingerprint density at radius 1 is 1.15 bits per heavy atom. The lowest BCUT2D eigenvalue weighted by Gasteiger charge is -2.53. The van der Waals surface area contributed by atoms with E-state index in [0.29, 0.717) is 37.7 Å². The predicted octanol–water partition coefficient (Wildman–Crippen LogP) is 3.72. The monoisotopic (exact) mass is 551 g/mol. The van der Waals surface area contributed by atoms with Crippen LogP contribution in [-0.2, 0) is 16.1 Å². The number of rotatable bonds is 5. The zero-order valence-corrected chi connectivity index (χ0v) is 22.3. The molecule has 3 fully saturated rings. The highest BCUT2D eigenvalue weighted by molar-refractivity contribution is 7.19. The van der Waals surface area contributed by atoms with E-state index in [1.165, 1.54) is 10.9 Å². The second-order valence-electron chi connectivity index (χ2n) is 10.7. The highest BCUT2D eigenvalue weighted by atomic mass is 32.1. The van der Waals surface area contributed by atoms with Gasteiger partial charge in [0.05, 0.1) is 29.0 Å². The summed E-state index contributed by atoms with van der Waals surface area (Å²) in [6.45, 7) is 7.04. The van der Waals surface area contributed by atoms with E-state index >= 15 is 4.39 Å². The van der Waals surface area contributed by atoms with E-state index in [4.69, 9.17) is 25.3 Å². The van der Waals surface area contributed by atoms with Crippen LogP contribution in [0.25, 0.3) is 32.5 Å². The van der Waals surface area contributed by atoms with E-state index < -0.39 is 6.09 Å². The van der Waals surface area contributed by atoms with Crippen molar-refractivity contribution in [3.8, 4) is 11.4 Å². The third kappa shape index (κ3) is 4.61. The molecule has 6 heterocycles. The number of likely N-dealkylation sites (tertiary alicyclic amines) is 1. The minimum absolute atomic E-state index is 0.271. The number of carbonyl (C=O) groups excluding carboxylic acids is 1. The average Bonchev–Trinajstić information content (AvgIpc) is 3.55. The third-order valence-electron chi connectivity index (χ3n) is 8.12. The van der Waals surface area contributed by atoms with Crippen LogP contribution in [0.1, 0.15) is 17.7 Å². The molecule has 3 N–H and O–H groups in total. The first kappa shape index (κ1) is 24.7. The molecule has 1 spiro atoms. The Labute approximate surface area is 228 Å². The molecule has 7 rings (SSSR count). The van der Waals surface area contributed by atoms with Crippen LogP contribution in [0, 0.1) is 11.2 Å². The van der Waals surface area contributed by atoms with Crippen molar-refractivity contribution in [1.82, 2.24) is 24.9 Å². The van der Waals surface area contributed by atoms with Crippen molar-refractivity contribution in [3.05, 3.63) is 41.2 Å². The lowest BCUT2D eigenvalue weighted by atomic mass is 9.72. The van der Waals surface area contributed by atoms with Crippen molar-refractivity contribution in [3.63, 3.8) is 0 Å². The molecule has 204 valence electrons. The average molecular weight is 552 g/mol. The maximum atomic E-state index is 15.2. The zero-order chi connectivity index (χ0) is 26.6. The van der Waals surface area contributed by atoms with Crippen LogP contribution in [0.4, 0.5) is 15.0 Å². The van der Waals surface area contributed by atoms with Gasteiger partial charge in [0.1, 0.15) is 5.82 Å². The number of aromatic amines is 1. The van der Waals surface area contributed by atoms with Crippen molar-refractivity contribution in [2.45, 2.75) is 19.4 Å². The quantitative estimate of drug-likeness (QED) is 0.386. The number of hydrogen-bond donors (Lipinski definition) is 2. The topological polar surface area (TPSA) is 113 Å². The highest BCUT2D eigenvalue weighted by Gasteiger charge is 2.45. The van der Waals surface area contributed by atoms with Gasteiger partial charge in [-0.25, -0.2) is 19.2 Å². The lowest BCUT2D eigenvalue weighted by molar-refractivity contribution is -0.152. The molecule has 1 amide bonds. The van der Waals surface area contributed by atoms with Crippen molar-refractivity contribution < 1.29 is 18.8 Å². The fourth-order valence-electron chi connectivity index (χ4n) is 6.21. The molecule has 3 aliphatic heterocycles. The highest BCUT2D eigenvalue weighted by Crippen LogP contribution is 2.43. The van der Waals surface area contributed by atoms with Crippen LogP contribution in [-0.4, -0.2) is 83.5 Å². The minimum Gasteiger partial charge on any atom is -0.378 e. The van der Waals surface area contributed by atoms with Crippen LogP contribution < -0.4 is 10.6 Å². The van der Waals surface area contributed by atoms with Crippen LogP contribution in [0.15, 0.2) is 30.5 Å². The molecule has 39 heavy (non-hydrogen) atoms. The van der Waals surface area contributed by atoms with E-state index in [-0.39, 0.29) is 11.2 Å². The van der Waals surface area contributed by atoms with E-state index in [1.807, 2.05) is 12.3 Å². The summed E-state index contributed by atoms with van der Waals surface area (Å²) in [6, 6.07) is 7.23. The molecule has 12 heteroatoms. The van der Waals surface area contributed by atoms with Crippen molar-refractivity contribution >= 4 is 44.4 Å². The number of nitrogens with two attached hydrogens (primary N) is 1. The second-order valence-corrected chi connectivity index (χ2v) is 11.9. The van der Waals surface area contributed by atoms with Gasteiger partial charge in [0, 0.05) is 67.8 Å². The molecule has 0 saturated carbocycles. The molecule has 4 aromatic rings. The van der Waals surface area contributed by atoms with Crippen LogP contribution >= 0.6 is 11.3 Å². The summed E-state index contributed by atoms with van der Waals surface area (Å²) in [6.07, 6.45) is 3.03. The van der Waals surface area contributed by atoms with E-state index in [2.05, 4.69) is 20.9 Å². The van der Waals surface area contributed by atoms with E-state index in [1.54, 1.807) is 22.5 Å². The number of halogens is 1. The molecule has 1 aromatic carbocycles. The molecule has 0 bridgehead atoms. The van der Waals surface area contributed by atoms with Gasteiger partial charge in [-0.1, -0.05) is 0 Å². The number of hydrogen-bond acceptors (Lipinski definition) is 9. The minimum atomic E-state index is -0.749. The Bertz CT molecular complexity index is 1530. The number of anilines is 1. The smallest absolute Gasteiger partial charge is 0.378 e. The summed E-state index contributed by atoms with van der Waals surface area (Å²) in [5.41, 5.74) is 7.55. The third-order valence-corrected chi connectivity index (χ3v) is 9.23. The number of fused-ring (bicyclic) bond motifs is 2. The van der Waals surface area contributed by atoms with Gasteiger partial charge in [-0.3, -0.25) is 4.90 Å². The summed E-state index contributed by atoms with van der Waals surface area (Å²) in [7, 11) is 0. The largest absolute Gasteiger partial charge is 0.423 e. The van der Waals surface area contributed by atoms with Gasteiger partial charge in [0.25, 0.3) is 0 Å². The molecule has 10 nitrogen and oxygen atoms in total. The molecule has 0 aliphatic carbocycles. The molecule has 0 radical (unpaired) electrons. The molecule has 3 saturated heterocycles. The number of ether oxygens (including phenoxy) is 1. The van der Waals surface area contributed by atoms with Crippen LogP contribution in [0.3, 0.4) is 0 Å². The summed E-state index contributed by atoms with van der Waals surface area (Å²) in [4.78, 5) is 35.0. The molecule has 0 atom stereocenters. The summed E-state index contributed by atoms with van der Waals surface area (Å²) >= 11 is 1.72. The van der Waals surface area contributed by atoms with Crippen molar-refractivity contribution in [1.29, 1.82) is 0 Å². The number of amides is 1. The summed E-state index contributed by atoms with van der Waals surface area (Å²) in [5.74, 6) is 0.926. The summed E-state index contributed by atoms with van der Waals surface area (Å²) in [5, 5.41) is 2.44. The maximum absolute atomic E-state index is 15.2. The van der Waals surface area contributed by atoms with Gasteiger partial charge < -0.3 is 25.2 Å². The fourth-order valence-corrected chi connectivity index (χ4v) is 7.36. The first-order chi connectivity index (χ1) is 19.0. The van der Waals surface area contributed by atoms with Gasteiger partial charge in [0.15, 0.2) is 11.6 Å². The van der Waals surface area contributed by atoms with E-state index in [0.717, 1.165) is 72.5 Å². The second kappa shape index (κ2) is 9.70. The number of nitrogens with zero attached hydrogens (tertiary/aromatic N) is 5. The molecular weight excluding hydrogens is 521 g/mol. The maximum Gasteiger partial charge on any atom is 0.423 e. The Morgan fingerprint density at radius 2 is 1.95 bits per heavy atom. The molecule has 3 aromatic heterocycles. The molecular formula is C27H30FN7O3S. The van der Waals surface area contributed by atoms with Crippen LogP contribution in [0.2, 0.25) is 0 Å². The van der Waals surface area contributed by atoms with Gasteiger partial charge >= 0.3 is 6.09 Å². The predicted molar refractivity (Wildman–Crippen MR) is 147 cm³/mol. The molecule has 3 aliphatic rings. The number of piperidine rings is 1. The number of primary amides is 1. The number of aromatic nitrogens is 3. The Kier molecular flexibility index (Phi) is 6.14. The van der Waals surface area contributed by atoms with Gasteiger partial charge in [-0.05, 0) is 42.5 Å². The number of nitrogens with one attached hydrogen (secondary N) is 1. The number of carbonyl (C=O) groups is 1. The first-order valence-corrected chi connectivity index (χ1v) is 14.1. The zero-order valence-electron chi connectivity index (χ0n) is 21.5. The van der Waals surface area contributed by atoms with Gasteiger partial charge in [-0.15, -0.1) is 16.4 Å². The normalized spacial score (nSPS) is 20.1. The Hall–Kier alpha value is -3.32. The van der Waals surface area contributed by atoms with Gasteiger partial charge in [0.2, 0.25) is 0 Å². The summed E-state index contributed by atoms with van der Waals surface area (Å²) < 4.78 is 21.8. The fraction of sp³-hybridized carbons (Fsp3) is 0.444. The number of benzene rings is 1. The van der Waals surface area contributed by atoms with E-state index in [9.17, 15) is 4.79 Å². The lowest BCUT2D eigenvalue weighted by Crippen LogP contribution is -2.59. The first-order valence-electron chi connectivity index (χ1n) is 13.3. The van der Waals surface area contributed by atoms with Crippen LogP contribution in [0.5, 0.6) is 0 Å². The SMILES string of the molecule is NC(=O)ON1CCC2(CC1)CN(Cc1cc3nc(-c4c(F)ccc5[nH]ccc45)nc(N4CCOCC4)c3s1)C2. The number of morpholine rings is 1. The number of thiophene rings is 1. The van der Waals surface area contributed by atoms with Crippen molar-refractivity contribution in [2.75, 3.05) is 57.4 Å². The molecule has 0 unspecified atom stereocenters.